The van der Waals surface area contributed by atoms with E-state index in [0.29, 0.717) is 22.8 Å². The number of nitriles is 1. The topological polar surface area (TPSA) is 95.0 Å². The minimum Gasteiger partial charge on any atom is -0.463 e. The van der Waals surface area contributed by atoms with E-state index in [-0.39, 0.29) is 6.54 Å². The van der Waals surface area contributed by atoms with Crippen LogP contribution in [0, 0.1) is 32.1 Å². The zero-order valence-electron chi connectivity index (χ0n) is 12.6. The molecule has 0 aliphatic carbocycles. The van der Waals surface area contributed by atoms with Gasteiger partial charge >= 0.3 is 0 Å². The van der Waals surface area contributed by atoms with Gasteiger partial charge in [0, 0.05) is 0 Å². The molecule has 2 N–H and O–H groups in total. The zero-order chi connectivity index (χ0) is 15.6. The van der Waals surface area contributed by atoms with Crippen molar-refractivity contribution >= 4 is 5.82 Å². The fourth-order valence-corrected chi connectivity index (χ4v) is 1.94. The van der Waals surface area contributed by atoms with Crippen LogP contribution >= 0.6 is 0 Å². The standard InChI is InChI=1S/C15H18N4O2/c1-9-5-6-13(21-9)15(4,20)8-17-14-12(7-16)10(2)11(3)18-19-14/h5-6,20H,8H2,1-4H3,(H,17,19). The number of furan rings is 1. The second-order valence-corrected chi connectivity index (χ2v) is 5.28. The Labute approximate surface area is 123 Å². The summed E-state index contributed by atoms with van der Waals surface area (Å²) < 4.78 is 5.45. The molecule has 2 aromatic heterocycles. The largest absolute Gasteiger partial charge is 0.463 e. The summed E-state index contributed by atoms with van der Waals surface area (Å²) in [5.74, 6) is 1.56. The number of aliphatic hydroxyl groups is 1. The molecule has 2 aromatic rings. The van der Waals surface area contributed by atoms with Crippen LogP contribution in [0.5, 0.6) is 0 Å². The Hall–Kier alpha value is -2.39. The van der Waals surface area contributed by atoms with Crippen molar-refractivity contribution in [2.45, 2.75) is 33.3 Å². The Bertz CT molecular complexity index is 698. The van der Waals surface area contributed by atoms with Gasteiger partial charge in [-0.1, -0.05) is 0 Å². The van der Waals surface area contributed by atoms with Gasteiger partial charge in [-0.3, -0.25) is 0 Å². The molecule has 0 spiro atoms. The number of hydrogen-bond acceptors (Lipinski definition) is 6. The number of rotatable bonds is 4. The Morgan fingerprint density at radius 3 is 2.62 bits per heavy atom. The molecule has 0 amide bonds. The number of hydrogen-bond donors (Lipinski definition) is 2. The molecule has 6 nitrogen and oxygen atoms in total. The van der Waals surface area contributed by atoms with E-state index in [9.17, 15) is 10.4 Å². The van der Waals surface area contributed by atoms with Crippen molar-refractivity contribution in [2.75, 3.05) is 11.9 Å². The Morgan fingerprint density at radius 2 is 2.05 bits per heavy atom. The fourth-order valence-electron chi connectivity index (χ4n) is 1.94. The molecular weight excluding hydrogens is 268 g/mol. The molecule has 2 heterocycles. The van der Waals surface area contributed by atoms with Gasteiger partial charge in [-0.05, 0) is 45.4 Å². The van der Waals surface area contributed by atoms with Gasteiger partial charge in [0.2, 0.25) is 0 Å². The average Bonchev–Trinajstić information content (AvgIpc) is 2.87. The predicted octanol–water partition coefficient (Wildman–Crippen LogP) is 2.19. The third kappa shape index (κ3) is 3.03. The lowest BCUT2D eigenvalue weighted by molar-refractivity contribution is 0.0467. The zero-order valence-corrected chi connectivity index (χ0v) is 12.6. The molecule has 2 rings (SSSR count). The number of nitrogens with zero attached hydrogens (tertiary/aromatic N) is 3. The van der Waals surface area contributed by atoms with Crippen LogP contribution in [0.3, 0.4) is 0 Å². The second-order valence-electron chi connectivity index (χ2n) is 5.28. The van der Waals surface area contributed by atoms with Crippen LogP contribution in [0.1, 0.15) is 35.3 Å². The van der Waals surface area contributed by atoms with E-state index in [1.165, 1.54) is 0 Å². The molecule has 0 fully saturated rings. The van der Waals surface area contributed by atoms with Crippen LogP contribution in [0.25, 0.3) is 0 Å². The van der Waals surface area contributed by atoms with E-state index in [1.54, 1.807) is 26.0 Å². The molecule has 0 aliphatic heterocycles. The predicted molar refractivity (Wildman–Crippen MR) is 77.7 cm³/mol. The van der Waals surface area contributed by atoms with Gasteiger partial charge in [0.25, 0.3) is 0 Å². The van der Waals surface area contributed by atoms with Crippen molar-refractivity contribution in [1.82, 2.24) is 10.2 Å². The average molecular weight is 286 g/mol. The molecule has 1 unspecified atom stereocenters. The molecule has 6 heteroatoms. The minimum atomic E-state index is -1.21. The van der Waals surface area contributed by atoms with Crippen molar-refractivity contribution in [2.24, 2.45) is 0 Å². The summed E-state index contributed by atoms with van der Waals surface area (Å²) >= 11 is 0. The first-order valence-corrected chi connectivity index (χ1v) is 6.62. The van der Waals surface area contributed by atoms with Crippen LogP contribution in [-0.4, -0.2) is 21.8 Å². The van der Waals surface area contributed by atoms with Gasteiger partial charge in [0.1, 0.15) is 28.8 Å². The third-order valence-electron chi connectivity index (χ3n) is 3.44. The second kappa shape index (κ2) is 5.54. The quantitative estimate of drug-likeness (QED) is 0.894. The lowest BCUT2D eigenvalue weighted by atomic mass is 10.0. The van der Waals surface area contributed by atoms with E-state index in [0.717, 1.165) is 11.3 Å². The van der Waals surface area contributed by atoms with Gasteiger partial charge in [0.05, 0.1) is 12.2 Å². The molecule has 0 saturated heterocycles. The summed E-state index contributed by atoms with van der Waals surface area (Å²) in [7, 11) is 0. The maximum atomic E-state index is 10.5. The first-order chi connectivity index (χ1) is 9.85. The maximum Gasteiger partial charge on any atom is 0.167 e. The molecule has 0 aliphatic rings. The van der Waals surface area contributed by atoms with E-state index in [1.807, 2.05) is 13.8 Å². The van der Waals surface area contributed by atoms with Crippen LogP contribution in [-0.2, 0) is 5.60 Å². The van der Waals surface area contributed by atoms with Crippen LogP contribution in [0.15, 0.2) is 16.5 Å². The molecule has 21 heavy (non-hydrogen) atoms. The summed E-state index contributed by atoms with van der Waals surface area (Å²) in [5, 5.41) is 30.7. The highest BCUT2D eigenvalue weighted by molar-refractivity contribution is 5.55. The van der Waals surface area contributed by atoms with Crippen molar-refractivity contribution in [3.05, 3.63) is 40.5 Å². The Balaban J connectivity index is 2.21. The van der Waals surface area contributed by atoms with E-state index in [4.69, 9.17) is 4.42 Å². The monoisotopic (exact) mass is 286 g/mol. The molecule has 1 atom stereocenters. The van der Waals surface area contributed by atoms with E-state index >= 15 is 0 Å². The minimum absolute atomic E-state index is 0.159. The first-order valence-electron chi connectivity index (χ1n) is 6.62. The van der Waals surface area contributed by atoms with E-state index in [2.05, 4.69) is 21.6 Å². The van der Waals surface area contributed by atoms with Crippen LogP contribution in [0.2, 0.25) is 0 Å². The SMILES string of the molecule is Cc1ccc(C(C)(O)CNc2nnc(C)c(C)c2C#N)o1. The molecule has 0 bridgehead atoms. The number of aryl methyl sites for hydroxylation is 2. The summed E-state index contributed by atoms with van der Waals surface area (Å²) in [6, 6.07) is 5.64. The summed E-state index contributed by atoms with van der Waals surface area (Å²) in [6.45, 7) is 7.23. The molecule has 0 saturated carbocycles. The van der Waals surface area contributed by atoms with Gasteiger partial charge < -0.3 is 14.8 Å². The molecular formula is C15H18N4O2. The Morgan fingerprint density at radius 1 is 1.33 bits per heavy atom. The highest BCUT2D eigenvalue weighted by Crippen LogP contribution is 2.24. The van der Waals surface area contributed by atoms with Gasteiger partial charge in [-0.2, -0.15) is 10.4 Å². The molecule has 0 radical (unpaired) electrons. The van der Waals surface area contributed by atoms with Crippen molar-refractivity contribution < 1.29 is 9.52 Å². The smallest absolute Gasteiger partial charge is 0.167 e. The fraction of sp³-hybridized carbons (Fsp3) is 0.400. The first kappa shape index (κ1) is 15.0. The highest BCUT2D eigenvalue weighted by atomic mass is 16.4. The van der Waals surface area contributed by atoms with Crippen LogP contribution < -0.4 is 5.32 Å². The van der Waals surface area contributed by atoms with Crippen molar-refractivity contribution in [3.8, 4) is 6.07 Å². The van der Waals surface area contributed by atoms with Gasteiger partial charge in [-0.25, -0.2) is 0 Å². The Kier molecular flexibility index (Phi) is 3.96. The summed E-state index contributed by atoms with van der Waals surface area (Å²) in [6.07, 6.45) is 0. The lowest BCUT2D eigenvalue weighted by Crippen LogP contribution is -2.31. The van der Waals surface area contributed by atoms with Crippen molar-refractivity contribution in [1.29, 1.82) is 5.26 Å². The maximum absolute atomic E-state index is 10.5. The lowest BCUT2D eigenvalue weighted by Gasteiger charge is -2.22. The highest BCUT2D eigenvalue weighted by Gasteiger charge is 2.27. The van der Waals surface area contributed by atoms with Gasteiger partial charge in [-0.15, -0.1) is 5.10 Å². The molecule has 0 aromatic carbocycles. The van der Waals surface area contributed by atoms with E-state index < -0.39 is 5.60 Å². The number of anilines is 1. The normalized spacial score (nSPS) is 13.5. The molecule has 110 valence electrons. The number of aromatic nitrogens is 2. The van der Waals surface area contributed by atoms with Gasteiger partial charge in [0.15, 0.2) is 5.82 Å². The van der Waals surface area contributed by atoms with Crippen LogP contribution in [0.4, 0.5) is 5.82 Å². The third-order valence-corrected chi connectivity index (χ3v) is 3.44. The number of nitrogens with one attached hydrogen (secondary N) is 1. The van der Waals surface area contributed by atoms with Crippen molar-refractivity contribution in [3.63, 3.8) is 0 Å². The summed E-state index contributed by atoms with van der Waals surface area (Å²) in [5.41, 5.74) is 0.726. The summed E-state index contributed by atoms with van der Waals surface area (Å²) in [4.78, 5) is 0.